The van der Waals surface area contributed by atoms with E-state index in [0.717, 1.165) is 16.7 Å². The first-order valence-corrected chi connectivity index (χ1v) is 5.99. The molecule has 0 heterocycles. The zero-order valence-corrected chi connectivity index (χ0v) is 10.6. The van der Waals surface area contributed by atoms with Gasteiger partial charge in [0.2, 0.25) is 0 Å². The van der Waals surface area contributed by atoms with Crippen molar-refractivity contribution in [2.24, 2.45) is 0 Å². The minimum atomic E-state index is 0.0252. The molecule has 3 heteroatoms. The van der Waals surface area contributed by atoms with E-state index >= 15 is 0 Å². The van der Waals surface area contributed by atoms with Gasteiger partial charge in [0.25, 0.3) is 0 Å². The summed E-state index contributed by atoms with van der Waals surface area (Å²) in [4.78, 5) is 12.2. The van der Waals surface area contributed by atoms with Gasteiger partial charge in [-0.25, -0.2) is 0 Å². The van der Waals surface area contributed by atoms with Crippen molar-refractivity contribution in [3.63, 3.8) is 0 Å². The molecule has 2 aromatic rings. The quantitative estimate of drug-likeness (QED) is 0.583. The summed E-state index contributed by atoms with van der Waals surface area (Å²) >= 11 is 12.2. The average molecular weight is 263 g/mol. The fourth-order valence-corrected chi connectivity index (χ4v) is 2.73. The van der Waals surface area contributed by atoms with Crippen molar-refractivity contribution in [3.05, 3.63) is 57.1 Å². The van der Waals surface area contributed by atoms with E-state index in [0.29, 0.717) is 21.2 Å². The Bertz CT molecular complexity index is 660. The molecule has 17 heavy (non-hydrogen) atoms. The monoisotopic (exact) mass is 262 g/mol. The number of ketones is 1. The molecule has 0 radical (unpaired) electrons. The minimum Gasteiger partial charge on any atom is -0.289 e. The van der Waals surface area contributed by atoms with E-state index in [1.165, 1.54) is 0 Å². The molecule has 0 N–H and O–H groups in total. The predicted octanol–water partition coefficient (Wildman–Crippen LogP) is 4.51. The lowest BCUT2D eigenvalue weighted by Crippen LogP contribution is -1.94. The van der Waals surface area contributed by atoms with Crippen LogP contribution in [-0.2, 0) is 0 Å². The SMILES string of the molecule is Cc1cccc2c1-c1c(ccc(Cl)c1Cl)C2=O. The first-order chi connectivity index (χ1) is 8.11. The number of benzene rings is 2. The highest BCUT2D eigenvalue weighted by molar-refractivity contribution is 6.45. The summed E-state index contributed by atoms with van der Waals surface area (Å²) in [6, 6.07) is 9.09. The summed E-state index contributed by atoms with van der Waals surface area (Å²) in [5.74, 6) is 0.0252. The van der Waals surface area contributed by atoms with Crippen LogP contribution in [0.1, 0.15) is 21.5 Å². The zero-order chi connectivity index (χ0) is 12.2. The van der Waals surface area contributed by atoms with Crippen LogP contribution in [0.5, 0.6) is 0 Å². The Hall–Kier alpha value is -1.31. The molecule has 0 amide bonds. The van der Waals surface area contributed by atoms with Crippen molar-refractivity contribution in [2.45, 2.75) is 6.92 Å². The van der Waals surface area contributed by atoms with E-state index in [-0.39, 0.29) is 5.78 Å². The maximum atomic E-state index is 12.2. The summed E-state index contributed by atoms with van der Waals surface area (Å²) in [5, 5.41) is 0.944. The van der Waals surface area contributed by atoms with E-state index in [1.807, 2.05) is 25.1 Å². The van der Waals surface area contributed by atoms with Crippen LogP contribution in [-0.4, -0.2) is 5.78 Å². The molecule has 0 bridgehead atoms. The molecule has 0 saturated carbocycles. The molecule has 3 rings (SSSR count). The highest BCUT2D eigenvalue weighted by Gasteiger charge is 2.30. The van der Waals surface area contributed by atoms with Gasteiger partial charge in [-0.1, -0.05) is 41.4 Å². The molecule has 0 unspecified atom stereocenters. The second-order valence-electron chi connectivity index (χ2n) is 4.11. The van der Waals surface area contributed by atoms with Gasteiger partial charge in [-0.2, -0.15) is 0 Å². The van der Waals surface area contributed by atoms with E-state index in [1.54, 1.807) is 12.1 Å². The van der Waals surface area contributed by atoms with Crippen LogP contribution < -0.4 is 0 Å². The van der Waals surface area contributed by atoms with Crippen molar-refractivity contribution in [1.29, 1.82) is 0 Å². The molecule has 0 aromatic heterocycles. The Morgan fingerprint density at radius 2 is 1.65 bits per heavy atom. The maximum Gasteiger partial charge on any atom is 0.194 e. The second kappa shape index (κ2) is 3.59. The lowest BCUT2D eigenvalue weighted by Gasteiger charge is -2.07. The van der Waals surface area contributed by atoms with E-state index in [4.69, 9.17) is 23.2 Å². The Morgan fingerprint density at radius 3 is 2.41 bits per heavy atom. The number of carbonyl (C=O) groups excluding carboxylic acids is 1. The summed E-state index contributed by atoms with van der Waals surface area (Å²) in [6.45, 7) is 1.97. The average Bonchev–Trinajstić information content (AvgIpc) is 2.60. The summed E-state index contributed by atoms with van der Waals surface area (Å²) in [7, 11) is 0. The van der Waals surface area contributed by atoms with Gasteiger partial charge in [-0.3, -0.25) is 4.79 Å². The summed E-state index contributed by atoms with van der Waals surface area (Å²) in [6.07, 6.45) is 0. The summed E-state index contributed by atoms with van der Waals surface area (Å²) < 4.78 is 0. The number of halogens is 2. The van der Waals surface area contributed by atoms with E-state index in [9.17, 15) is 4.79 Å². The van der Waals surface area contributed by atoms with Gasteiger partial charge >= 0.3 is 0 Å². The van der Waals surface area contributed by atoms with Crippen molar-refractivity contribution in [1.82, 2.24) is 0 Å². The third kappa shape index (κ3) is 1.36. The number of hydrogen-bond donors (Lipinski definition) is 0. The lowest BCUT2D eigenvalue weighted by molar-refractivity contribution is 0.104. The van der Waals surface area contributed by atoms with Gasteiger partial charge in [-0.15, -0.1) is 0 Å². The molecule has 1 aliphatic carbocycles. The first-order valence-electron chi connectivity index (χ1n) is 5.24. The molecular weight excluding hydrogens is 255 g/mol. The Balaban J connectivity index is 2.48. The molecule has 0 fully saturated rings. The first kappa shape index (κ1) is 10.8. The fraction of sp³-hybridized carbons (Fsp3) is 0.0714. The molecular formula is C14H8Cl2O. The van der Waals surface area contributed by atoms with Crippen molar-refractivity contribution < 1.29 is 4.79 Å². The van der Waals surface area contributed by atoms with Crippen molar-refractivity contribution >= 4 is 29.0 Å². The molecule has 1 nitrogen and oxygen atoms in total. The third-order valence-corrected chi connectivity index (χ3v) is 3.91. The topological polar surface area (TPSA) is 17.1 Å². The molecule has 2 aromatic carbocycles. The number of hydrogen-bond acceptors (Lipinski definition) is 1. The molecule has 0 saturated heterocycles. The molecule has 0 atom stereocenters. The number of fused-ring (bicyclic) bond motifs is 3. The van der Waals surface area contributed by atoms with Crippen LogP contribution in [0.4, 0.5) is 0 Å². The molecule has 0 aliphatic heterocycles. The van der Waals surface area contributed by atoms with Crippen molar-refractivity contribution in [3.8, 4) is 11.1 Å². The van der Waals surface area contributed by atoms with Crippen LogP contribution in [0.3, 0.4) is 0 Å². The van der Waals surface area contributed by atoms with Gasteiger partial charge in [-0.05, 0) is 30.2 Å². The van der Waals surface area contributed by atoms with Gasteiger partial charge in [0, 0.05) is 16.7 Å². The number of rotatable bonds is 0. The molecule has 84 valence electrons. The largest absolute Gasteiger partial charge is 0.289 e. The van der Waals surface area contributed by atoms with Crippen molar-refractivity contribution in [2.75, 3.05) is 0 Å². The number of carbonyl (C=O) groups is 1. The Kier molecular flexibility index (Phi) is 2.29. The maximum absolute atomic E-state index is 12.2. The third-order valence-electron chi connectivity index (χ3n) is 3.11. The van der Waals surface area contributed by atoms with Crippen LogP contribution in [0.2, 0.25) is 10.0 Å². The predicted molar refractivity (Wildman–Crippen MR) is 70.1 cm³/mol. The molecule has 1 aliphatic rings. The second-order valence-corrected chi connectivity index (χ2v) is 4.90. The van der Waals surface area contributed by atoms with E-state index < -0.39 is 0 Å². The van der Waals surface area contributed by atoms with Crippen LogP contribution in [0, 0.1) is 6.92 Å². The highest BCUT2D eigenvalue weighted by Crippen LogP contribution is 2.45. The van der Waals surface area contributed by atoms with E-state index in [2.05, 4.69) is 0 Å². The Morgan fingerprint density at radius 1 is 0.941 bits per heavy atom. The zero-order valence-electron chi connectivity index (χ0n) is 9.05. The van der Waals surface area contributed by atoms with Gasteiger partial charge in [0.15, 0.2) is 5.78 Å². The minimum absolute atomic E-state index is 0.0252. The number of aryl methyl sites for hydroxylation is 1. The fourth-order valence-electron chi connectivity index (χ4n) is 2.32. The van der Waals surface area contributed by atoms with Gasteiger partial charge in [0.1, 0.15) is 0 Å². The van der Waals surface area contributed by atoms with Crippen LogP contribution in [0.25, 0.3) is 11.1 Å². The van der Waals surface area contributed by atoms with Gasteiger partial charge in [0.05, 0.1) is 10.0 Å². The van der Waals surface area contributed by atoms with Gasteiger partial charge < -0.3 is 0 Å². The lowest BCUT2D eigenvalue weighted by atomic mass is 10.0. The summed E-state index contributed by atoms with van der Waals surface area (Å²) in [5.41, 5.74) is 4.09. The molecule has 0 spiro atoms. The normalized spacial score (nSPS) is 12.5. The smallest absolute Gasteiger partial charge is 0.194 e. The van der Waals surface area contributed by atoms with Crippen LogP contribution in [0.15, 0.2) is 30.3 Å². The standard InChI is InChI=1S/C14H8Cl2O/c1-7-3-2-4-8-11(7)12-9(14(8)17)5-6-10(15)13(12)16/h2-6H,1H3. The highest BCUT2D eigenvalue weighted by atomic mass is 35.5. The van der Waals surface area contributed by atoms with Crippen LogP contribution >= 0.6 is 23.2 Å². The Labute approximate surface area is 109 Å².